The molecule has 0 spiro atoms. The summed E-state index contributed by atoms with van der Waals surface area (Å²) in [7, 11) is 1.93. The van der Waals surface area contributed by atoms with E-state index in [1.807, 2.05) is 65.2 Å². The molecule has 3 aromatic heterocycles. The summed E-state index contributed by atoms with van der Waals surface area (Å²) in [5.41, 5.74) is 6.01. The highest BCUT2D eigenvalue weighted by Crippen LogP contribution is 2.33. The maximum atomic E-state index is 5.95. The lowest BCUT2D eigenvalue weighted by Crippen LogP contribution is -2.14. The number of para-hydroxylation sites is 1. The fourth-order valence-corrected chi connectivity index (χ4v) is 3.99. The van der Waals surface area contributed by atoms with Crippen LogP contribution in [-0.2, 0) is 7.05 Å². The molecular formula is C24H24N4O. The van der Waals surface area contributed by atoms with Crippen LogP contribution >= 0.6 is 0 Å². The number of nitrogens with zero attached hydrogens (tertiary/aromatic N) is 4. The Morgan fingerprint density at radius 2 is 1.90 bits per heavy atom. The van der Waals surface area contributed by atoms with Crippen molar-refractivity contribution in [2.24, 2.45) is 13.0 Å². The Kier molecular flexibility index (Phi) is 4.64. The van der Waals surface area contributed by atoms with Crippen molar-refractivity contribution in [1.82, 2.24) is 19.4 Å². The molecule has 0 amide bonds. The van der Waals surface area contributed by atoms with E-state index in [4.69, 9.17) is 4.74 Å². The van der Waals surface area contributed by atoms with Gasteiger partial charge in [-0.1, -0.05) is 30.3 Å². The van der Waals surface area contributed by atoms with Gasteiger partial charge in [0.05, 0.1) is 24.5 Å². The van der Waals surface area contributed by atoms with Crippen LogP contribution in [0, 0.1) is 5.92 Å². The fraction of sp³-hybridized carbons (Fsp3) is 0.250. The standard InChI is InChI=1S/C24H24N4O/c1-27-15-21(13-25-27)20-11-12-24-23(14-26-28(24)16-20)19-9-7-18(8-10-19)17-29-22-5-3-2-4-6-22/h2-6,9,11-16,18H,7-8,10,17H2,1H3. The van der Waals surface area contributed by atoms with Crippen LogP contribution in [0.5, 0.6) is 5.75 Å². The summed E-state index contributed by atoms with van der Waals surface area (Å²) in [6.45, 7) is 0.775. The molecular weight excluding hydrogens is 360 g/mol. The first-order valence-electron chi connectivity index (χ1n) is 10.1. The number of pyridine rings is 1. The van der Waals surface area contributed by atoms with Crippen molar-refractivity contribution in [2.75, 3.05) is 6.61 Å². The number of ether oxygens (including phenoxy) is 1. The molecule has 5 heteroatoms. The van der Waals surface area contributed by atoms with Crippen molar-refractivity contribution in [3.63, 3.8) is 0 Å². The van der Waals surface area contributed by atoms with Crippen molar-refractivity contribution in [2.45, 2.75) is 19.3 Å². The van der Waals surface area contributed by atoms with Crippen LogP contribution in [-0.4, -0.2) is 26.0 Å². The summed E-state index contributed by atoms with van der Waals surface area (Å²) in [6.07, 6.45) is 13.6. The predicted octanol–water partition coefficient (Wildman–Crippen LogP) is 5.00. The fourth-order valence-electron chi connectivity index (χ4n) is 3.99. The molecule has 5 rings (SSSR count). The van der Waals surface area contributed by atoms with Crippen LogP contribution < -0.4 is 4.74 Å². The average molecular weight is 384 g/mol. The minimum Gasteiger partial charge on any atom is -0.493 e. The van der Waals surface area contributed by atoms with E-state index >= 15 is 0 Å². The van der Waals surface area contributed by atoms with Crippen molar-refractivity contribution < 1.29 is 4.74 Å². The van der Waals surface area contributed by atoms with E-state index in [1.165, 1.54) is 11.1 Å². The number of allylic oxidation sites excluding steroid dienone is 2. The van der Waals surface area contributed by atoms with E-state index in [-0.39, 0.29) is 0 Å². The first kappa shape index (κ1) is 17.7. The molecule has 0 saturated carbocycles. The van der Waals surface area contributed by atoms with Gasteiger partial charge in [-0.2, -0.15) is 10.2 Å². The van der Waals surface area contributed by atoms with E-state index < -0.39 is 0 Å². The van der Waals surface area contributed by atoms with Gasteiger partial charge in [-0.05, 0) is 49.0 Å². The number of rotatable bonds is 5. The summed E-state index contributed by atoms with van der Waals surface area (Å²) >= 11 is 0. The lowest BCUT2D eigenvalue weighted by atomic mass is 9.87. The molecule has 5 nitrogen and oxygen atoms in total. The van der Waals surface area contributed by atoms with Crippen molar-refractivity contribution in [3.05, 3.63) is 78.9 Å². The normalized spacial score (nSPS) is 16.7. The molecule has 0 saturated heterocycles. The summed E-state index contributed by atoms with van der Waals surface area (Å²) in [4.78, 5) is 0. The van der Waals surface area contributed by atoms with Crippen molar-refractivity contribution >= 4 is 11.1 Å². The molecule has 0 N–H and O–H groups in total. The molecule has 29 heavy (non-hydrogen) atoms. The minimum atomic E-state index is 0.568. The van der Waals surface area contributed by atoms with Crippen LogP contribution in [0.3, 0.4) is 0 Å². The quantitative estimate of drug-likeness (QED) is 0.486. The van der Waals surface area contributed by atoms with Gasteiger partial charge in [-0.15, -0.1) is 0 Å². The van der Waals surface area contributed by atoms with Gasteiger partial charge >= 0.3 is 0 Å². The summed E-state index contributed by atoms with van der Waals surface area (Å²) < 4.78 is 9.74. The Morgan fingerprint density at radius 1 is 1.00 bits per heavy atom. The van der Waals surface area contributed by atoms with Crippen LogP contribution in [0.25, 0.3) is 22.2 Å². The maximum Gasteiger partial charge on any atom is 0.119 e. The zero-order valence-electron chi connectivity index (χ0n) is 16.5. The first-order valence-corrected chi connectivity index (χ1v) is 10.1. The minimum absolute atomic E-state index is 0.568. The van der Waals surface area contributed by atoms with Crippen molar-refractivity contribution in [3.8, 4) is 16.9 Å². The van der Waals surface area contributed by atoms with E-state index in [0.29, 0.717) is 5.92 Å². The third kappa shape index (κ3) is 3.68. The molecule has 1 aliphatic rings. The summed E-state index contributed by atoms with van der Waals surface area (Å²) in [5, 5.41) is 8.87. The van der Waals surface area contributed by atoms with E-state index in [9.17, 15) is 0 Å². The molecule has 1 atom stereocenters. The monoisotopic (exact) mass is 384 g/mol. The van der Waals surface area contributed by atoms with Gasteiger partial charge in [-0.3, -0.25) is 4.68 Å². The van der Waals surface area contributed by atoms with Crippen LogP contribution in [0.2, 0.25) is 0 Å². The molecule has 3 heterocycles. The highest BCUT2D eigenvalue weighted by molar-refractivity contribution is 5.79. The second kappa shape index (κ2) is 7.59. The number of hydrogen-bond acceptors (Lipinski definition) is 3. The zero-order chi connectivity index (χ0) is 19.6. The first-order chi connectivity index (χ1) is 14.3. The third-order valence-corrected chi connectivity index (χ3v) is 5.65. The highest BCUT2D eigenvalue weighted by Gasteiger charge is 2.18. The third-order valence-electron chi connectivity index (χ3n) is 5.65. The number of fused-ring (bicyclic) bond motifs is 1. The second-order valence-electron chi connectivity index (χ2n) is 7.70. The average Bonchev–Trinajstić information content (AvgIpc) is 3.39. The molecule has 0 fully saturated rings. The number of benzene rings is 1. The van der Waals surface area contributed by atoms with Gasteiger partial charge in [0.25, 0.3) is 0 Å². The predicted molar refractivity (Wildman–Crippen MR) is 115 cm³/mol. The van der Waals surface area contributed by atoms with Gasteiger partial charge in [-0.25, -0.2) is 4.52 Å². The number of aromatic nitrogens is 4. The van der Waals surface area contributed by atoms with Gasteiger partial charge in [0, 0.05) is 36.1 Å². The molecule has 1 aliphatic carbocycles. The number of aryl methyl sites for hydroxylation is 1. The lowest BCUT2D eigenvalue weighted by molar-refractivity contribution is 0.240. The smallest absolute Gasteiger partial charge is 0.119 e. The topological polar surface area (TPSA) is 44.4 Å². The van der Waals surface area contributed by atoms with Crippen molar-refractivity contribution in [1.29, 1.82) is 0 Å². The maximum absolute atomic E-state index is 5.95. The van der Waals surface area contributed by atoms with Gasteiger partial charge in [0.2, 0.25) is 0 Å². The van der Waals surface area contributed by atoms with E-state index in [1.54, 1.807) is 0 Å². The Bertz CT molecular complexity index is 1160. The SMILES string of the molecule is Cn1cc(-c2ccc3c(C4=CCC(COc5ccccc5)CC4)cnn3c2)cn1. The summed E-state index contributed by atoms with van der Waals surface area (Å²) in [6, 6.07) is 14.4. The highest BCUT2D eigenvalue weighted by atomic mass is 16.5. The largest absolute Gasteiger partial charge is 0.493 e. The molecule has 1 aromatic carbocycles. The molecule has 0 aliphatic heterocycles. The Hall–Kier alpha value is -3.34. The van der Waals surface area contributed by atoms with Crippen LogP contribution in [0.15, 0.2) is 73.3 Å². The Morgan fingerprint density at radius 3 is 2.66 bits per heavy atom. The Balaban J connectivity index is 1.30. The molecule has 1 unspecified atom stereocenters. The lowest BCUT2D eigenvalue weighted by Gasteiger charge is -2.22. The van der Waals surface area contributed by atoms with Crippen LogP contribution in [0.4, 0.5) is 0 Å². The van der Waals surface area contributed by atoms with E-state index in [2.05, 4.69) is 34.6 Å². The zero-order valence-corrected chi connectivity index (χ0v) is 16.5. The second-order valence-corrected chi connectivity index (χ2v) is 7.70. The Labute approximate surface area is 170 Å². The molecule has 0 radical (unpaired) electrons. The van der Waals surface area contributed by atoms with E-state index in [0.717, 1.165) is 48.3 Å². The van der Waals surface area contributed by atoms with Gasteiger partial charge < -0.3 is 4.74 Å². The molecule has 4 aromatic rings. The number of hydrogen-bond donors (Lipinski definition) is 0. The molecule has 0 bridgehead atoms. The summed E-state index contributed by atoms with van der Waals surface area (Å²) in [5.74, 6) is 1.52. The van der Waals surface area contributed by atoms with Crippen LogP contribution in [0.1, 0.15) is 24.8 Å². The van der Waals surface area contributed by atoms with Gasteiger partial charge in [0.1, 0.15) is 5.75 Å². The van der Waals surface area contributed by atoms with Gasteiger partial charge in [0.15, 0.2) is 0 Å². The molecule has 146 valence electrons.